The molecule has 2 saturated carbocycles. The van der Waals surface area contributed by atoms with Crippen molar-refractivity contribution in [1.29, 1.82) is 0 Å². The normalized spacial score (nSPS) is 22.7. The van der Waals surface area contributed by atoms with Gasteiger partial charge in [0.15, 0.2) is 0 Å². The molecule has 4 amide bonds. The molecule has 2 aromatic carbocycles. The number of benzene rings is 2. The van der Waals surface area contributed by atoms with E-state index in [9.17, 15) is 14.4 Å². The van der Waals surface area contributed by atoms with Gasteiger partial charge in [-0.25, -0.2) is 5.43 Å². The molecular weight excluding hydrogens is 989 g/mol. The molecule has 77 heavy (non-hydrogen) atoms. The predicted octanol–water partition coefficient (Wildman–Crippen LogP) is 8.36. The number of pyridine rings is 1. The highest BCUT2D eigenvalue weighted by Gasteiger charge is 2.52. The third-order valence-corrected chi connectivity index (χ3v) is 22.2. The van der Waals surface area contributed by atoms with Crippen LogP contribution in [0.5, 0.6) is 5.75 Å². The predicted molar refractivity (Wildman–Crippen MR) is 301 cm³/mol. The summed E-state index contributed by atoms with van der Waals surface area (Å²) in [5.41, 5.74) is 10.4. The van der Waals surface area contributed by atoms with Crippen molar-refractivity contribution >= 4 is 48.8 Å². The van der Waals surface area contributed by atoms with Gasteiger partial charge in [0.25, 0.3) is 5.91 Å². The number of carbonyl (C=O) groups excluding carboxylic acids is 5. The van der Waals surface area contributed by atoms with Crippen molar-refractivity contribution in [3.63, 3.8) is 0 Å². The average Bonchev–Trinajstić information content (AvgIpc) is 4.37. The molecule has 16 nitrogen and oxygen atoms in total. The lowest BCUT2D eigenvalue weighted by Gasteiger charge is -2.37. The minimum Gasteiger partial charge on any atom is -0.543 e. The van der Waals surface area contributed by atoms with Crippen LogP contribution in [0.3, 0.4) is 0 Å². The maximum Gasteiger partial charge on any atom is 0.324 e. The van der Waals surface area contributed by atoms with Crippen LogP contribution in [0.2, 0.25) is 18.1 Å². The Kier molecular flexibility index (Phi) is 17.0. The summed E-state index contributed by atoms with van der Waals surface area (Å²) in [5, 5.41) is 9.06. The Morgan fingerprint density at radius 2 is 1.69 bits per heavy atom. The molecular formula is C60H84N8O8Si. The summed E-state index contributed by atoms with van der Waals surface area (Å²) in [7, 11) is 2.76. The SMILES string of the molecule is CCn1c(-c2cccnc2[C@H](C)OC)c2c3cc(ccc31)-c1cc(cc(O[Si](CC)(CC)CC)c1)C[C@H](NC(=O)[C@H](C1CCCC1)N(C)C(=O)CN(C)C(=O)[C@@H]1N[C@@H]1C1CC1)C(=O)N1CCC[C@H](N1)C(=O)OCC(C)(C)C2. The van der Waals surface area contributed by atoms with Crippen molar-refractivity contribution in [3.8, 4) is 28.1 Å². The largest absolute Gasteiger partial charge is 0.543 e. The minimum absolute atomic E-state index is 0.101. The van der Waals surface area contributed by atoms with Crippen LogP contribution in [0.25, 0.3) is 33.3 Å². The van der Waals surface area contributed by atoms with Gasteiger partial charge in [0.1, 0.15) is 29.9 Å². The Bertz CT molecular complexity index is 2830. The Morgan fingerprint density at radius 1 is 0.948 bits per heavy atom. The smallest absolute Gasteiger partial charge is 0.324 e. The Hall–Kier alpha value is -5.62. The van der Waals surface area contributed by atoms with E-state index in [0.29, 0.717) is 38.3 Å². The van der Waals surface area contributed by atoms with Gasteiger partial charge in [-0.1, -0.05) is 59.6 Å². The number of methoxy groups -OCH3 is 1. The van der Waals surface area contributed by atoms with Gasteiger partial charge in [-0.05, 0) is 147 Å². The molecule has 2 aliphatic carbocycles. The third-order valence-electron chi connectivity index (χ3n) is 17.6. The zero-order valence-electron chi connectivity index (χ0n) is 47.3. The lowest BCUT2D eigenvalue weighted by Crippen LogP contribution is -2.62. The number of nitrogens with zero attached hydrogens (tertiary/aromatic N) is 5. The van der Waals surface area contributed by atoms with Crippen LogP contribution < -0.4 is 20.5 Å². The van der Waals surface area contributed by atoms with E-state index in [1.54, 1.807) is 21.2 Å². The van der Waals surface area contributed by atoms with E-state index in [1.807, 2.05) is 25.3 Å². The van der Waals surface area contributed by atoms with Gasteiger partial charge in [-0.3, -0.25) is 39.3 Å². The number of esters is 1. The lowest BCUT2D eigenvalue weighted by atomic mass is 9.84. The highest BCUT2D eigenvalue weighted by molar-refractivity contribution is 6.74. The summed E-state index contributed by atoms with van der Waals surface area (Å²) in [5.74, 6) is -0.628. The van der Waals surface area contributed by atoms with Crippen molar-refractivity contribution in [2.75, 3.05) is 40.9 Å². The van der Waals surface area contributed by atoms with Gasteiger partial charge >= 0.3 is 5.97 Å². The number of aryl methyl sites for hydroxylation is 1. The fourth-order valence-electron chi connectivity index (χ4n) is 12.6. The third kappa shape index (κ3) is 12.0. The highest BCUT2D eigenvalue weighted by atomic mass is 28.4. The van der Waals surface area contributed by atoms with E-state index < -0.39 is 49.6 Å². The maximum absolute atomic E-state index is 15.3. The monoisotopic (exact) mass is 1070 g/mol. The molecule has 2 aromatic heterocycles. The van der Waals surface area contributed by atoms with Crippen molar-refractivity contribution in [1.82, 2.24) is 40.4 Å². The number of rotatable bonds is 17. The zero-order chi connectivity index (χ0) is 54.9. The molecule has 3 N–H and O–H groups in total. The lowest BCUT2D eigenvalue weighted by molar-refractivity contribution is -0.155. The van der Waals surface area contributed by atoms with Gasteiger partial charge in [0.05, 0.1) is 30.6 Å². The number of hydrogen-bond donors (Lipinski definition) is 3. The summed E-state index contributed by atoms with van der Waals surface area (Å²) in [6, 6.07) is 16.8. The molecule has 0 spiro atoms. The molecule has 5 aliphatic rings. The first kappa shape index (κ1) is 56.1. The molecule has 6 atom stereocenters. The zero-order valence-corrected chi connectivity index (χ0v) is 48.3. The van der Waals surface area contributed by atoms with E-state index in [0.717, 1.165) is 113 Å². The van der Waals surface area contributed by atoms with Crippen LogP contribution in [0.15, 0.2) is 54.7 Å². The van der Waals surface area contributed by atoms with E-state index >= 15 is 9.59 Å². The first-order valence-electron chi connectivity index (χ1n) is 28.7. The average molecular weight is 1070 g/mol. The number of amides is 4. The van der Waals surface area contributed by atoms with Gasteiger partial charge in [0, 0.05) is 74.8 Å². The second kappa shape index (κ2) is 23.4. The van der Waals surface area contributed by atoms with E-state index in [-0.39, 0.29) is 55.5 Å². The van der Waals surface area contributed by atoms with Gasteiger partial charge in [0.2, 0.25) is 26.0 Å². The second-order valence-corrected chi connectivity index (χ2v) is 28.2. The van der Waals surface area contributed by atoms with Crippen molar-refractivity contribution in [2.24, 2.45) is 17.3 Å². The van der Waals surface area contributed by atoms with Crippen LogP contribution in [-0.2, 0) is 52.8 Å². The molecule has 4 fully saturated rings. The Labute approximate surface area is 456 Å². The van der Waals surface area contributed by atoms with Gasteiger partial charge in [-0.2, -0.15) is 0 Å². The van der Waals surface area contributed by atoms with Crippen LogP contribution >= 0.6 is 0 Å². The Morgan fingerprint density at radius 3 is 2.38 bits per heavy atom. The second-order valence-electron chi connectivity index (χ2n) is 23.6. The fraction of sp³-hybridized carbons (Fsp3) is 0.600. The number of carbonyl (C=O) groups is 5. The number of fused-ring (bicyclic) bond motifs is 6. The molecule has 2 saturated heterocycles. The molecule has 0 unspecified atom stereocenters. The number of aromatic nitrogens is 2. The van der Waals surface area contributed by atoms with E-state index in [2.05, 4.69) is 98.6 Å². The summed E-state index contributed by atoms with van der Waals surface area (Å²) >= 11 is 0. The van der Waals surface area contributed by atoms with Gasteiger partial charge < -0.3 is 33.6 Å². The number of nitrogens with one attached hydrogen (secondary N) is 3. The fourth-order valence-corrected chi connectivity index (χ4v) is 15.1. The number of ether oxygens (including phenoxy) is 2. The number of cyclic esters (lactones) is 1. The van der Waals surface area contributed by atoms with Crippen LogP contribution in [0.1, 0.15) is 123 Å². The van der Waals surface area contributed by atoms with Crippen molar-refractivity contribution in [3.05, 3.63) is 71.5 Å². The van der Waals surface area contributed by atoms with Crippen LogP contribution in [-0.4, -0.2) is 133 Å². The van der Waals surface area contributed by atoms with Crippen molar-refractivity contribution < 1.29 is 37.9 Å². The molecule has 6 bridgehead atoms. The Balaban J connectivity index is 1.14. The molecule has 0 radical (unpaired) electrons. The van der Waals surface area contributed by atoms with Crippen LogP contribution in [0.4, 0.5) is 0 Å². The number of hydrogen-bond acceptors (Lipinski definition) is 11. The quantitative estimate of drug-likeness (QED) is 0.0524. The molecule has 4 aromatic rings. The van der Waals surface area contributed by atoms with E-state index in [1.165, 1.54) is 14.8 Å². The molecule has 3 aliphatic heterocycles. The van der Waals surface area contributed by atoms with Crippen LogP contribution in [0, 0.1) is 17.3 Å². The highest BCUT2D eigenvalue weighted by Crippen LogP contribution is 2.43. The minimum atomic E-state index is -2.24. The summed E-state index contributed by atoms with van der Waals surface area (Å²) < 4.78 is 21.7. The maximum atomic E-state index is 15.3. The molecule has 416 valence electrons. The molecule has 9 rings (SSSR count). The van der Waals surface area contributed by atoms with E-state index in [4.69, 9.17) is 18.9 Å². The number of hydrazine groups is 1. The number of likely N-dealkylation sites (N-methyl/N-ethyl adjacent to an activating group) is 2. The van der Waals surface area contributed by atoms with Gasteiger partial charge in [-0.15, -0.1) is 0 Å². The molecule has 17 heteroatoms. The molecule has 5 heterocycles. The first-order valence-corrected chi connectivity index (χ1v) is 31.2. The first-order chi connectivity index (χ1) is 36.9. The van der Waals surface area contributed by atoms with Crippen molar-refractivity contribution in [2.45, 2.75) is 174 Å². The standard InChI is InChI=1S/C60H84N8O8Si/c1-11-67-49-26-25-41-33-45(49)46(55(67)44-21-17-27-61-51(44)37(5)74-10)34-60(6,7)36-75-59(73)47-22-18-28-68(64-47)57(71)48(31-38-29-42(41)32-43(30-38)76-77(12-2,13-3)14-4)62-56(70)54(40-19-15-16-20-40)66(9)50(69)35-65(8)58(72)53-52(63-53)39-23-24-39/h17,21,25-27,29-30,32-33,37,39-40,47-48,52-54,63-64H,11-16,18-20,22-24,28,31,34-36H2,1-10H3,(H,62,70)/t37-,47-,48-,52+,53+,54-/m0/s1. The topological polar surface area (TPSA) is 187 Å². The summed E-state index contributed by atoms with van der Waals surface area (Å²) in [6.45, 7) is 16.0. The summed E-state index contributed by atoms with van der Waals surface area (Å²) in [6.07, 6.45) is 8.77. The summed E-state index contributed by atoms with van der Waals surface area (Å²) in [4.78, 5) is 80.2.